The van der Waals surface area contributed by atoms with Gasteiger partial charge in [-0.15, -0.1) is 10.2 Å². The van der Waals surface area contributed by atoms with E-state index in [0.29, 0.717) is 0 Å². The van der Waals surface area contributed by atoms with Crippen LogP contribution in [0.4, 0.5) is 10.1 Å². The molecule has 1 aromatic heterocycles. The van der Waals surface area contributed by atoms with Gasteiger partial charge in [-0.2, -0.15) is 4.39 Å². The van der Waals surface area contributed by atoms with Gasteiger partial charge in [0.05, 0.1) is 12.0 Å². The first-order valence-electron chi connectivity index (χ1n) is 7.08. The molecule has 0 saturated heterocycles. The third-order valence-corrected chi connectivity index (χ3v) is 4.19. The van der Waals surface area contributed by atoms with Gasteiger partial charge in [0.25, 0.3) is 5.22 Å². The molecule has 3 rings (SSSR count). The molecular formula is C16H12FN3O4S. The molecule has 0 radical (unpaired) electrons. The van der Waals surface area contributed by atoms with Crippen LogP contribution in [0.25, 0.3) is 11.5 Å². The van der Waals surface area contributed by atoms with Crippen LogP contribution < -0.4 is 4.74 Å². The first-order chi connectivity index (χ1) is 12.0. The van der Waals surface area contributed by atoms with Crippen LogP contribution in [0.5, 0.6) is 5.75 Å². The van der Waals surface area contributed by atoms with E-state index in [0.717, 1.165) is 29.0 Å². The fourth-order valence-corrected chi connectivity index (χ4v) is 2.92. The Morgan fingerprint density at radius 3 is 2.60 bits per heavy atom. The molecule has 1 heterocycles. The van der Waals surface area contributed by atoms with Crippen molar-refractivity contribution in [2.24, 2.45) is 0 Å². The zero-order valence-electron chi connectivity index (χ0n) is 13.2. The topological polar surface area (TPSA) is 91.3 Å². The van der Waals surface area contributed by atoms with Crippen molar-refractivity contribution in [2.45, 2.75) is 17.0 Å². The van der Waals surface area contributed by atoms with Gasteiger partial charge in [0, 0.05) is 17.7 Å². The van der Waals surface area contributed by atoms with Crippen LogP contribution in [0.15, 0.2) is 50.9 Å². The number of hydrogen-bond donors (Lipinski definition) is 0. The average Bonchev–Trinajstić information content (AvgIpc) is 3.03. The van der Waals surface area contributed by atoms with Crippen LogP contribution in [0.2, 0.25) is 0 Å². The second-order valence-electron chi connectivity index (χ2n) is 5.05. The molecule has 0 aliphatic carbocycles. The lowest BCUT2D eigenvalue weighted by Gasteiger charge is -2.04. The van der Waals surface area contributed by atoms with Crippen LogP contribution in [-0.4, -0.2) is 22.2 Å². The van der Waals surface area contributed by atoms with E-state index in [1.165, 1.54) is 13.2 Å². The molecule has 0 amide bonds. The lowest BCUT2D eigenvalue weighted by molar-refractivity contribution is -0.390. The van der Waals surface area contributed by atoms with Gasteiger partial charge in [-0.25, -0.2) is 0 Å². The van der Waals surface area contributed by atoms with Crippen LogP contribution in [0.3, 0.4) is 0 Å². The average molecular weight is 361 g/mol. The fraction of sp³-hybridized carbons (Fsp3) is 0.125. The summed E-state index contributed by atoms with van der Waals surface area (Å²) in [7, 11) is 1.34. The fourth-order valence-electron chi connectivity index (χ4n) is 2.08. The molecule has 0 unspecified atom stereocenters. The number of methoxy groups -OCH3 is 1. The van der Waals surface area contributed by atoms with Crippen molar-refractivity contribution >= 4 is 17.4 Å². The summed E-state index contributed by atoms with van der Waals surface area (Å²) in [5.74, 6) is -0.567. The maximum absolute atomic E-state index is 14.0. The Morgan fingerprint density at radius 1 is 1.24 bits per heavy atom. The van der Waals surface area contributed by atoms with E-state index in [9.17, 15) is 14.5 Å². The van der Waals surface area contributed by atoms with Gasteiger partial charge in [0.2, 0.25) is 11.7 Å². The molecular weight excluding hydrogens is 349 g/mol. The Bertz CT molecular complexity index is 928. The van der Waals surface area contributed by atoms with Crippen molar-refractivity contribution in [3.63, 3.8) is 0 Å². The molecule has 0 spiro atoms. The molecule has 7 nitrogen and oxygen atoms in total. The van der Waals surface area contributed by atoms with Crippen LogP contribution in [0.1, 0.15) is 5.56 Å². The lowest BCUT2D eigenvalue weighted by atomic mass is 10.1. The number of halogens is 1. The normalized spacial score (nSPS) is 10.7. The summed E-state index contributed by atoms with van der Waals surface area (Å²) >= 11 is 0.803. The summed E-state index contributed by atoms with van der Waals surface area (Å²) in [5.41, 5.74) is 1.14. The predicted molar refractivity (Wildman–Crippen MR) is 88.2 cm³/mol. The first-order valence-corrected chi connectivity index (χ1v) is 7.90. The van der Waals surface area contributed by atoms with E-state index in [2.05, 4.69) is 10.2 Å². The van der Waals surface area contributed by atoms with Crippen molar-refractivity contribution in [3.05, 3.63) is 57.9 Å². The Labute approximate surface area is 146 Å². The Morgan fingerprint density at radius 2 is 1.96 bits per heavy atom. The summed E-state index contributed by atoms with van der Waals surface area (Å²) in [6, 6.07) is 9.74. The highest BCUT2D eigenvalue weighted by molar-refractivity contribution is 7.99. The third kappa shape index (κ3) is 3.61. The lowest BCUT2D eigenvalue weighted by Crippen LogP contribution is -1.96. The number of rotatable bonds is 5. The number of aryl methyl sites for hydroxylation is 1. The SMILES string of the molecule is COc1cc(F)c([N+](=O)[O-])c(Sc2nnc(-c3ccc(C)cc3)o2)c1. The Balaban J connectivity index is 1.94. The molecule has 9 heteroatoms. The number of nitro benzene ring substituents is 1. The van der Waals surface area contributed by atoms with Gasteiger partial charge >= 0.3 is 5.69 Å². The number of ether oxygens (including phenoxy) is 1. The molecule has 0 bridgehead atoms. The Hall–Kier alpha value is -2.94. The monoisotopic (exact) mass is 361 g/mol. The van der Waals surface area contributed by atoms with Gasteiger partial charge in [0.15, 0.2) is 0 Å². The molecule has 0 aliphatic rings. The first kappa shape index (κ1) is 16.9. The van der Waals surface area contributed by atoms with E-state index in [1.54, 1.807) is 0 Å². The summed E-state index contributed by atoms with van der Waals surface area (Å²) in [4.78, 5) is 10.4. The predicted octanol–water partition coefficient (Wildman–Crippen LogP) is 4.25. The number of hydrogen-bond acceptors (Lipinski definition) is 7. The van der Waals surface area contributed by atoms with Gasteiger partial charge < -0.3 is 9.15 Å². The molecule has 0 aliphatic heterocycles. The smallest absolute Gasteiger partial charge is 0.319 e. The van der Waals surface area contributed by atoms with Crippen molar-refractivity contribution < 1.29 is 18.5 Å². The summed E-state index contributed by atoms with van der Waals surface area (Å²) in [6.07, 6.45) is 0. The summed E-state index contributed by atoms with van der Waals surface area (Å²) in [6.45, 7) is 1.95. The minimum atomic E-state index is -0.995. The second kappa shape index (κ2) is 6.89. The molecule has 3 aromatic rings. The number of nitro groups is 1. The minimum absolute atomic E-state index is 0.0148. The molecule has 0 saturated carbocycles. The molecule has 0 fully saturated rings. The van der Waals surface area contributed by atoms with E-state index < -0.39 is 16.4 Å². The Kier molecular flexibility index (Phi) is 4.66. The van der Waals surface area contributed by atoms with E-state index >= 15 is 0 Å². The maximum Gasteiger partial charge on any atom is 0.319 e. The maximum atomic E-state index is 14.0. The van der Waals surface area contributed by atoms with Crippen molar-refractivity contribution in [1.82, 2.24) is 10.2 Å². The third-order valence-electron chi connectivity index (χ3n) is 3.32. The van der Waals surface area contributed by atoms with Gasteiger partial charge in [-0.1, -0.05) is 17.7 Å². The number of aromatic nitrogens is 2. The highest BCUT2D eigenvalue weighted by Crippen LogP contribution is 2.39. The van der Waals surface area contributed by atoms with Crippen molar-refractivity contribution in [2.75, 3.05) is 7.11 Å². The van der Waals surface area contributed by atoms with Crippen molar-refractivity contribution in [3.8, 4) is 17.2 Å². The van der Waals surface area contributed by atoms with Gasteiger partial charge in [-0.3, -0.25) is 10.1 Å². The standard InChI is InChI=1S/C16H12FN3O4S/c1-9-3-5-10(6-4-9)15-18-19-16(24-15)25-13-8-11(23-2)7-12(17)14(13)20(21)22/h3-8H,1-2H3. The van der Waals surface area contributed by atoms with E-state index in [4.69, 9.17) is 9.15 Å². The second-order valence-corrected chi connectivity index (χ2v) is 6.05. The van der Waals surface area contributed by atoms with Crippen LogP contribution in [0, 0.1) is 22.9 Å². The molecule has 0 atom stereocenters. The number of benzene rings is 2. The molecule has 0 N–H and O–H groups in total. The molecule has 2 aromatic carbocycles. The van der Waals surface area contributed by atoms with Crippen molar-refractivity contribution in [1.29, 1.82) is 0 Å². The number of nitrogens with zero attached hydrogens (tertiary/aromatic N) is 3. The molecule has 128 valence electrons. The van der Waals surface area contributed by atoms with Crippen LogP contribution in [-0.2, 0) is 0 Å². The summed E-state index contributed by atoms with van der Waals surface area (Å²) < 4.78 is 24.4. The molecule has 25 heavy (non-hydrogen) atoms. The quantitative estimate of drug-likeness (QED) is 0.495. The van der Waals surface area contributed by atoms with Gasteiger partial charge in [-0.05, 0) is 30.8 Å². The highest BCUT2D eigenvalue weighted by atomic mass is 32.2. The zero-order chi connectivity index (χ0) is 18.0. The zero-order valence-corrected chi connectivity index (χ0v) is 14.0. The summed E-state index contributed by atoms with van der Waals surface area (Å²) in [5, 5.41) is 19.0. The largest absolute Gasteiger partial charge is 0.497 e. The van der Waals surface area contributed by atoms with E-state index in [1.807, 2.05) is 31.2 Å². The highest BCUT2D eigenvalue weighted by Gasteiger charge is 2.25. The van der Waals surface area contributed by atoms with Gasteiger partial charge in [0.1, 0.15) is 10.6 Å². The minimum Gasteiger partial charge on any atom is -0.497 e. The van der Waals surface area contributed by atoms with Crippen LogP contribution >= 0.6 is 11.8 Å². The van der Waals surface area contributed by atoms with E-state index in [-0.39, 0.29) is 21.8 Å².